The number of rotatable bonds is 7. The first-order chi connectivity index (χ1) is 12.3. The topological polar surface area (TPSA) is 96.0 Å². The van der Waals surface area contributed by atoms with Crippen molar-refractivity contribution in [1.82, 2.24) is 9.80 Å². The van der Waals surface area contributed by atoms with E-state index in [0.29, 0.717) is 12.1 Å². The fourth-order valence-electron chi connectivity index (χ4n) is 2.56. The number of carbonyl (C=O) groups is 4. The lowest BCUT2D eigenvalue weighted by atomic mass is 10.1. The van der Waals surface area contributed by atoms with E-state index in [4.69, 9.17) is 4.74 Å². The number of hydrogen-bond donors (Lipinski definition) is 1. The number of aryl methyl sites for hydroxylation is 1. The first kappa shape index (κ1) is 19.4. The molecule has 0 spiro atoms. The lowest BCUT2D eigenvalue weighted by Crippen LogP contribution is -2.32. The maximum Gasteiger partial charge on any atom is 0.326 e. The summed E-state index contributed by atoms with van der Waals surface area (Å²) in [4.78, 5) is 49.3. The summed E-state index contributed by atoms with van der Waals surface area (Å²) >= 11 is 0. The van der Waals surface area contributed by atoms with Gasteiger partial charge in [-0.15, -0.1) is 0 Å². The van der Waals surface area contributed by atoms with Gasteiger partial charge in [0.05, 0.1) is 0 Å². The Kier molecular flexibility index (Phi) is 6.32. The average Bonchev–Trinajstić information content (AvgIpc) is 2.83. The molecule has 1 fully saturated rings. The van der Waals surface area contributed by atoms with Gasteiger partial charge in [-0.25, -0.2) is 4.79 Å². The van der Waals surface area contributed by atoms with Crippen LogP contribution in [-0.4, -0.2) is 60.4 Å². The van der Waals surface area contributed by atoms with E-state index in [2.05, 4.69) is 5.32 Å². The minimum Gasteiger partial charge on any atom is -0.456 e. The zero-order chi connectivity index (χ0) is 19.3. The Balaban J connectivity index is 1.70. The van der Waals surface area contributed by atoms with E-state index in [1.807, 2.05) is 26.0 Å². The van der Waals surface area contributed by atoms with Crippen LogP contribution in [-0.2, 0) is 19.1 Å². The third kappa shape index (κ3) is 4.81. The van der Waals surface area contributed by atoms with Crippen LogP contribution in [0.2, 0.25) is 0 Å². The zero-order valence-electron chi connectivity index (χ0n) is 15.2. The van der Waals surface area contributed by atoms with Crippen LogP contribution in [0.15, 0.2) is 18.2 Å². The van der Waals surface area contributed by atoms with E-state index in [9.17, 15) is 19.2 Å². The molecule has 140 valence electrons. The molecular weight excluding hydrogens is 338 g/mol. The van der Waals surface area contributed by atoms with Gasteiger partial charge in [-0.3, -0.25) is 19.3 Å². The fourth-order valence-corrected chi connectivity index (χ4v) is 2.56. The van der Waals surface area contributed by atoms with E-state index < -0.39 is 11.9 Å². The molecule has 2 rings (SSSR count). The number of nitrogens with zero attached hydrogens (tertiary/aromatic N) is 2. The van der Waals surface area contributed by atoms with Crippen LogP contribution < -0.4 is 5.32 Å². The summed E-state index contributed by atoms with van der Waals surface area (Å²) in [6.45, 7) is 3.68. The minimum atomic E-state index is -0.548. The van der Waals surface area contributed by atoms with Crippen molar-refractivity contribution < 1.29 is 23.9 Å². The van der Waals surface area contributed by atoms with Crippen LogP contribution in [0.3, 0.4) is 0 Å². The molecule has 0 unspecified atom stereocenters. The molecule has 0 atom stereocenters. The second-order valence-corrected chi connectivity index (χ2v) is 6.24. The first-order valence-corrected chi connectivity index (χ1v) is 8.36. The Bertz CT molecular complexity index is 732. The largest absolute Gasteiger partial charge is 0.456 e. The van der Waals surface area contributed by atoms with Crippen LogP contribution in [0.1, 0.15) is 24.0 Å². The number of carbonyl (C=O) groups excluding carboxylic acids is 4. The molecule has 1 N–H and O–H groups in total. The lowest BCUT2D eigenvalue weighted by Gasteiger charge is -2.13. The standard InChI is InChI=1S/C18H23N3O5/c1-12-6-4-7-14(13(12)2)19-15(22)11-26-17(24)8-5-9-21-16(23)10-20(3)18(21)25/h4,6-7H,5,8-11H2,1-3H3,(H,19,22). The van der Waals surface area contributed by atoms with Gasteiger partial charge in [-0.1, -0.05) is 12.1 Å². The van der Waals surface area contributed by atoms with Gasteiger partial charge < -0.3 is 15.0 Å². The molecule has 0 aromatic heterocycles. The minimum absolute atomic E-state index is 0.0253. The van der Waals surface area contributed by atoms with Crippen LogP contribution in [0.4, 0.5) is 10.5 Å². The second kappa shape index (κ2) is 8.46. The molecule has 26 heavy (non-hydrogen) atoms. The average molecular weight is 361 g/mol. The van der Waals surface area contributed by atoms with Gasteiger partial charge in [-0.2, -0.15) is 0 Å². The van der Waals surface area contributed by atoms with Gasteiger partial charge >= 0.3 is 12.0 Å². The molecule has 1 aliphatic heterocycles. The number of ether oxygens (including phenoxy) is 1. The quantitative estimate of drug-likeness (QED) is 0.586. The number of nitrogens with one attached hydrogen (secondary N) is 1. The van der Waals surface area contributed by atoms with Crippen molar-refractivity contribution in [2.24, 2.45) is 0 Å². The monoisotopic (exact) mass is 361 g/mol. The highest BCUT2D eigenvalue weighted by molar-refractivity contribution is 6.01. The zero-order valence-corrected chi connectivity index (χ0v) is 15.2. The van der Waals surface area contributed by atoms with E-state index in [1.165, 1.54) is 4.90 Å². The highest BCUT2D eigenvalue weighted by Crippen LogP contribution is 2.17. The molecule has 1 aliphatic rings. The van der Waals surface area contributed by atoms with Gasteiger partial charge in [-0.05, 0) is 37.5 Å². The van der Waals surface area contributed by atoms with Crippen molar-refractivity contribution in [2.45, 2.75) is 26.7 Å². The summed E-state index contributed by atoms with van der Waals surface area (Å²) in [6, 6.07) is 5.20. The van der Waals surface area contributed by atoms with Gasteiger partial charge in [0.2, 0.25) is 5.91 Å². The summed E-state index contributed by atoms with van der Waals surface area (Å²) in [5, 5.41) is 2.70. The molecular formula is C18H23N3O5. The van der Waals surface area contributed by atoms with E-state index in [1.54, 1.807) is 13.1 Å². The van der Waals surface area contributed by atoms with E-state index in [0.717, 1.165) is 16.0 Å². The molecule has 8 heteroatoms. The number of hydrogen-bond acceptors (Lipinski definition) is 5. The Morgan fingerprint density at radius 3 is 2.62 bits per heavy atom. The van der Waals surface area contributed by atoms with Crippen molar-refractivity contribution in [3.8, 4) is 0 Å². The SMILES string of the molecule is Cc1cccc(NC(=O)COC(=O)CCCN2C(=O)CN(C)C2=O)c1C. The molecule has 4 amide bonds. The fraction of sp³-hybridized carbons (Fsp3) is 0.444. The normalized spacial score (nSPS) is 14.0. The van der Waals surface area contributed by atoms with E-state index >= 15 is 0 Å². The molecule has 1 aromatic rings. The molecule has 0 aliphatic carbocycles. The van der Waals surface area contributed by atoms with Crippen LogP contribution in [0, 0.1) is 13.8 Å². The van der Waals surface area contributed by atoms with Crippen LogP contribution in [0.5, 0.6) is 0 Å². The van der Waals surface area contributed by atoms with Crippen molar-refractivity contribution in [1.29, 1.82) is 0 Å². The summed E-state index contributed by atoms with van der Waals surface area (Å²) in [5.41, 5.74) is 2.69. The summed E-state index contributed by atoms with van der Waals surface area (Å²) < 4.78 is 4.94. The molecule has 0 bridgehead atoms. The maximum absolute atomic E-state index is 11.9. The maximum atomic E-state index is 11.9. The Morgan fingerprint density at radius 2 is 1.96 bits per heavy atom. The lowest BCUT2D eigenvalue weighted by molar-refractivity contribution is -0.147. The van der Waals surface area contributed by atoms with Crippen molar-refractivity contribution >= 4 is 29.5 Å². The molecule has 0 saturated carbocycles. The highest BCUT2D eigenvalue weighted by Gasteiger charge is 2.32. The number of benzene rings is 1. The third-order valence-corrected chi connectivity index (χ3v) is 4.24. The number of urea groups is 1. The number of amides is 4. The Hall–Kier alpha value is -2.90. The van der Waals surface area contributed by atoms with Crippen molar-refractivity contribution in [2.75, 3.05) is 32.1 Å². The Labute approximate surface area is 152 Å². The van der Waals surface area contributed by atoms with Gasteiger partial charge in [0, 0.05) is 25.7 Å². The van der Waals surface area contributed by atoms with Gasteiger partial charge in [0.1, 0.15) is 6.54 Å². The summed E-state index contributed by atoms with van der Waals surface area (Å²) in [7, 11) is 1.54. The summed E-state index contributed by atoms with van der Waals surface area (Å²) in [5.74, 6) is -1.24. The second-order valence-electron chi connectivity index (χ2n) is 6.24. The summed E-state index contributed by atoms with van der Waals surface area (Å²) in [6.07, 6.45) is 0.320. The van der Waals surface area contributed by atoms with Crippen molar-refractivity contribution in [3.05, 3.63) is 29.3 Å². The van der Waals surface area contributed by atoms with E-state index in [-0.39, 0.29) is 38.1 Å². The smallest absolute Gasteiger partial charge is 0.326 e. The predicted octanol–water partition coefficient (Wildman–Crippen LogP) is 1.46. The predicted molar refractivity (Wildman–Crippen MR) is 94.5 cm³/mol. The number of anilines is 1. The number of esters is 1. The van der Waals surface area contributed by atoms with Crippen LogP contribution >= 0.6 is 0 Å². The molecule has 8 nitrogen and oxygen atoms in total. The van der Waals surface area contributed by atoms with Crippen LogP contribution in [0.25, 0.3) is 0 Å². The number of imide groups is 1. The first-order valence-electron chi connectivity index (χ1n) is 8.36. The highest BCUT2D eigenvalue weighted by atomic mass is 16.5. The number of likely N-dealkylation sites (N-methyl/N-ethyl adjacent to an activating group) is 1. The third-order valence-electron chi connectivity index (χ3n) is 4.24. The molecule has 1 aromatic carbocycles. The molecule has 1 saturated heterocycles. The Morgan fingerprint density at radius 1 is 1.23 bits per heavy atom. The van der Waals surface area contributed by atoms with Gasteiger partial charge in [0.15, 0.2) is 6.61 Å². The van der Waals surface area contributed by atoms with Gasteiger partial charge in [0.25, 0.3) is 5.91 Å². The molecule has 1 heterocycles. The van der Waals surface area contributed by atoms with Crippen molar-refractivity contribution in [3.63, 3.8) is 0 Å². The molecule has 0 radical (unpaired) electrons.